The number of halogens is 1. The second-order valence-corrected chi connectivity index (χ2v) is 5.22. The molecule has 0 saturated carbocycles. The summed E-state index contributed by atoms with van der Waals surface area (Å²) in [4.78, 5) is 23.7. The van der Waals surface area contributed by atoms with Crippen molar-refractivity contribution in [3.63, 3.8) is 0 Å². The Bertz CT molecular complexity index is 796. The van der Waals surface area contributed by atoms with E-state index in [0.717, 1.165) is 17.4 Å². The molecular formula is C20H19FO5. The maximum absolute atomic E-state index is 13.6. The predicted octanol–water partition coefficient (Wildman–Crippen LogP) is 3.67. The Morgan fingerprint density at radius 2 is 1.85 bits per heavy atom. The molecule has 0 atom stereocenters. The molecule has 6 heteroatoms. The maximum atomic E-state index is 13.6. The molecule has 0 saturated heterocycles. The van der Waals surface area contributed by atoms with Gasteiger partial charge in [-0.2, -0.15) is 0 Å². The van der Waals surface area contributed by atoms with E-state index in [1.807, 2.05) is 6.92 Å². The maximum Gasteiger partial charge on any atom is 0.331 e. The van der Waals surface area contributed by atoms with Crippen LogP contribution in [0.5, 0.6) is 11.5 Å². The van der Waals surface area contributed by atoms with E-state index >= 15 is 0 Å². The third-order valence-corrected chi connectivity index (χ3v) is 3.42. The molecular weight excluding hydrogens is 339 g/mol. The van der Waals surface area contributed by atoms with Gasteiger partial charge in [0.1, 0.15) is 5.75 Å². The summed E-state index contributed by atoms with van der Waals surface area (Å²) in [5.74, 6) is -1.04. The molecule has 5 nitrogen and oxygen atoms in total. The molecule has 0 aliphatic rings. The summed E-state index contributed by atoms with van der Waals surface area (Å²) in [5.41, 5.74) is 0.889. The minimum absolute atomic E-state index is 0.0387. The van der Waals surface area contributed by atoms with E-state index in [9.17, 15) is 14.0 Å². The zero-order chi connectivity index (χ0) is 18.9. The van der Waals surface area contributed by atoms with Crippen LogP contribution in [-0.4, -0.2) is 32.1 Å². The SMILES string of the molecule is CCOc1ccc(/C=C/C(=O)OCC(=O)c2ccc(OC)c(F)c2)cc1. The Balaban J connectivity index is 1.87. The Kier molecular flexibility index (Phi) is 6.91. The zero-order valence-electron chi connectivity index (χ0n) is 14.5. The number of rotatable bonds is 8. The van der Waals surface area contributed by atoms with Crippen molar-refractivity contribution in [3.8, 4) is 11.5 Å². The molecule has 2 rings (SSSR count). The molecule has 0 spiro atoms. The monoisotopic (exact) mass is 358 g/mol. The summed E-state index contributed by atoms with van der Waals surface area (Å²) in [7, 11) is 1.33. The lowest BCUT2D eigenvalue weighted by atomic mass is 10.1. The molecule has 0 aromatic heterocycles. The van der Waals surface area contributed by atoms with E-state index in [1.54, 1.807) is 30.3 Å². The summed E-state index contributed by atoms with van der Waals surface area (Å²) < 4.78 is 28.6. The van der Waals surface area contributed by atoms with Gasteiger partial charge in [0.15, 0.2) is 24.0 Å². The lowest BCUT2D eigenvalue weighted by Gasteiger charge is -2.05. The normalized spacial score (nSPS) is 10.6. The number of ketones is 1. The van der Waals surface area contributed by atoms with E-state index < -0.39 is 24.2 Å². The van der Waals surface area contributed by atoms with Crippen LogP contribution < -0.4 is 9.47 Å². The minimum atomic E-state index is -0.666. The average molecular weight is 358 g/mol. The number of ether oxygens (including phenoxy) is 3. The molecule has 0 fully saturated rings. The van der Waals surface area contributed by atoms with Gasteiger partial charge in [-0.05, 0) is 48.9 Å². The first-order chi connectivity index (χ1) is 12.5. The Morgan fingerprint density at radius 3 is 2.46 bits per heavy atom. The van der Waals surface area contributed by atoms with Crippen molar-refractivity contribution < 1.29 is 28.2 Å². The smallest absolute Gasteiger partial charge is 0.331 e. The number of carbonyl (C=O) groups is 2. The highest BCUT2D eigenvalue weighted by Gasteiger charge is 2.12. The fourth-order valence-corrected chi connectivity index (χ4v) is 2.11. The summed E-state index contributed by atoms with van der Waals surface area (Å²) >= 11 is 0. The molecule has 0 bridgehead atoms. The standard InChI is InChI=1S/C20H19FO5/c1-3-25-16-8-4-14(5-9-16)6-11-20(23)26-13-18(22)15-7-10-19(24-2)17(21)12-15/h4-12H,3,13H2,1-2H3/b11-6+. The van der Waals surface area contributed by atoms with E-state index in [2.05, 4.69) is 0 Å². The van der Waals surface area contributed by atoms with Crippen LogP contribution in [-0.2, 0) is 9.53 Å². The van der Waals surface area contributed by atoms with Crippen LogP contribution in [0, 0.1) is 5.82 Å². The van der Waals surface area contributed by atoms with E-state index in [4.69, 9.17) is 14.2 Å². The van der Waals surface area contributed by atoms with Crippen LogP contribution in [0.4, 0.5) is 4.39 Å². The van der Waals surface area contributed by atoms with Gasteiger partial charge in [-0.15, -0.1) is 0 Å². The van der Waals surface area contributed by atoms with Crippen LogP contribution in [0.2, 0.25) is 0 Å². The zero-order valence-corrected chi connectivity index (χ0v) is 14.5. The molecule has 0 aliphatic carbocycles. The molecule has 136 valence electrons. The van der Waals surface area contributed by atoms with Crippen molar-refractivity contribution in [3.05, 3.63) is 65.5 Å². The van der Waals surface area contributed by atoms with Crippen molar-refractivity contribution in [1.82, 2.24) is 0 Å². The number of benzene rings is 2. The first-order valence-electron chi connectivity index (χ1n) is 7.98. The fraction of sp³-hybridized carbons (Fsp3) is 0.200. The van der Waals surface area contributed by atoms with E-state index in [-0.39, 0.29) is 11.3 Å². The van der Waals surface area contributed by atoms with Crippen molar-refractivity contribution in [2.24, 2.45) is 0 Å². The van der Waals surface area contributed by atoms with Crippen LogP contribution in [0.3, 0.4) is 0 Å². The van der Waals surface area contributed by atoms with Gasteiger partial charge in [0.2, 0.25) is 0 Å². The summed E-state index contributed by atoms with van der Waals surface area (Å²) in [5, 5.41) is 0. The number of hydrogen-bond donors (Lipinski definition) is 0. The Hall–Kier alpha value is -3.15. The van der Waals surface area contributed by atoms with E-state index in [1.165, 1.54) is 25.3 Å². The summed E-state index contributed by atoms with van der Waals surface area (Å²) in [6.45, 7) is 2.00. The topological polar surface area (TPSA) is 61.8 Å². The van der Waals surface area contributed by atoms with Gasteiger partial charge in [-0.3, -0.25) is 4.79 Å². The van der Waals surface area contributed by atoms with E-state index in [0.29, 0.717) is 6.61 Å². The van der Waals surface area contributed by atoms with Gasteiger partial charge in [0.25, 0.3) is 0 Å². The highest BCUT2D eigenvalue weighted by Crippen LogP contribution is 2.18. The quantitative estimate of drug-likeness (QED) is 0.409. The van der Waals surface area contributed by atoms with Crippen molar-refractivity contribution in [2.45, 2.75) is 6.92 Å². The number of carbonyl (C=O) groups excluding carboxylic acids is 2. The average Bonchev–Trinajstić information content (AvgIpc) is 2.65. The number of hydrogen-bond acceptors (Lipinski definition) is 5. The van der Waals surface area contributed by atoms with Crippen molar-refractivity contribution in [1.29, 1.82) is 0 Å². The number of esters is 1. The van der Waals surface area contributed by atoms with Gasteiger partial charge in [0, 0.05) is 11.6 Å². The first kappa shape index (κ1) is 19.2. The Labute approximate surface area is 151 Å². The summed E-state index contributed by atoms with van der Waals surface area (Å²) in [6, 6.07) is 11.0. The van der Waals surface area contributed by atoms with Gasteiger partial charge in [-0.1, -0.05) is 12.1 Å². The highest BCUT2D eigenvalue weighted by atomic mass is 19.1. The lowest BCUT2D eigenvalue weighted by molar-refractivity contribution is -0.136. The molecule has 0 N–H and O–H groups in total. The fourth-order valence-electron chi connectivity index (χ4n) is 2.11. The Morgan fingerprint density at radius 1 is 1.12 bits per heavy atom. The molecule has 0 radical (unpaired) electrons. The van der Waals surface area contributed by atoms with Crippen LogP contribution in [0.15, 0.2) is 48.5 Å². The van der Waals surface area contributed by atoms with Gasteiger partial charge < -0.3 is 14.2 Å². The lowest BCUT2D eigenvalue weighted by Crippen LogP contribution is -2.12. The largest absolute Gasteiger partial charge is 0.494 e. The molecule has 2 aromatic carbocycles. The summed E-state index contributed by atoms with van der Waals surface area (Å²) in [6.07, 6.45) is 2.78. The highest BCUT2D eigenvalue weighted by molar-refractivity contribution is 5.99. The molecule has 0 unspecified atom stereocenters. The van der Waals surface area contributed by atoms with Crippen LogP contribution >= 0.6 is 0 Å². The second kappa shape index (κ2) is 9.36. The molecule has 0 aliphatic heterocycles. The minimum Gasteiger partial charge on any atom is -0.494 e. The van der Waals surface area contributed by atoms with Crippen molar-refractivity contribution in [2.75, 3.05) is 20.3 Å². The van der Waals surface area contributed by atoms with Gasteiger partial charge in [-0.25, -0.2) is 9.18 Å². The third kappa shape index (κ3) is 5.44. The molecule has 0 heterocycles. The first-order valence-corrected chi connectivity index (χ1v) is 7.98. The number of Topliss-reactive ketones (excluding diaryl/α,β-unsaturated/α-hetero) is 1. The molecule has 2 aromatic rings. The second-order valence-electron chi connectivity index (χ2n) is 5.22. The van der Waals surface area contributed by atoms with Gasteiger partial charge in [0.05, 0.1) is 13.7 Å². The molecule has 0 amide bonds. The van der Waals surface area contributed by atoms with Crippen LogP contribution in [0.25, 0.3) is 6.08 Å². The van der Waals surface area contributed by atoms with Crippen molar-refractivity contribution >= 4 is 17.8 Å². The molecule has 26 heavy (non-hydrogen) atoms. The number of methoxy groups -OCH3 is 1. The predicted molar refractivity (Wildman–Crippen MR) is 94.9 cm³/mol. The third-order valence-electron chi connectivity index (χ3n) is 3.42. The van der Waals surface area contributed by atoms with Gasteiger partial charge >= 0.3 is 5.97 Å². The van der Waals surface area contributed by atoms with Crippen LogP contribution in [0.1, 0.15) is 22.8 Å².